The number of guanidine groups is 1. The lowest BCUT2D eigenvalue weighted by molar-refractivity contribution is 0.145. The van der Waals surface area contributed by atoms with Gasteiger partial charge >= 0.3 is 0 Å². The summed E-state index contributed by atoms with van der Waals surface area (Å²) in [4.78, 5) is 10.6. The predicted molar refractivity (Wildman–Crippen MR) is 117 cm³/mol. The van der Waals surface area contributed by atoms with Crippen LogP contribution >= 0.6 is 11.3 Å². The van der Waals surface area contributed by atoms with Crippen LogP contribution in [0.25, 0.3) is 0 Å². The van der Waals surface area contributed by atoms with E-state index in [4.69, 9.17) is 14.5 Å². The van der Waals surface area contributed by atoms with Crippen LogP contribution in [0.15, 0.2) is 29.3 Å². The highest BCUT2D eigenvalue weighted by molar-refractivity contribution is 7.11. The van der Waals surface area contributed by atoms with Crippen molar-refractivity contribution in [1.29, 1.82) is 0 Å². The molecular formula is C21H32N4O2S. The molecule has 7 heteroatoms. The second-order valence-corrected chi connectivity index (χ2v) is 7.70. The summed E-state index contributed by atoms with van der Waals surface area (Å²) in [5, 5.41) is 7.97. The minimum Gasteiger partial charge on any atom is -0.497 e. The Labute approximate surface area is 172 Å². The summed E-state index contributed by atoms with van der Waals surface area (Å²) in [6, 6.07) is 7.99. The summed E-state index contributed by atoms with van der Waals surface area (Å²) in [5.41, 5.74) is 2.27. The number of aliphatic imine (C=N–C) groups is 1. The van der Waals surface area contributed by atoms with Gasteiger partial charge in [0, 0.05) is 37.6 Å². The molecule has 1 aromatic carbocycles. The van der Waals surface area contributed by atoms with Crippen molar-refractivity contribution in [3.8, 4) is 5.75 Å². The molecule has 0 amide bonds. The Morgan fingerprint density at radius 1 is 1.14 bits per heavy atom. The van der Waals surface area contributed by atoms with Gasteiger partial charge in [0.25, 0.3) is 0 Å². The molecule has 0 bridgehead atoms. The first-order chi connectivity index (χ1) is 13.6. The molecule has 0 saturated heterocycles. The van der Waals surface area contributed by atoms with Gasteiger partial charge in [-0.3, -0.25) is 0 Å². The molecule has 1 heterocycles. The molecule has 2 aromatic rings. The number of rotatable bonds is 11. The van der Waals surface area contributed by atoms with E-state index in [-0.39, 0.29) is 0 Å². The second-order valence-electron chi connectivity index (χ2n) is 6.42. The fourth-order valence-corrected chi connectivity index (χ4v) is 3.47. The van der Waals surface area contributed by atoms with Gasteiger partial charge in [-0.15, -0.1) is 11.3 Å². The first kappa shape index (κ1) is 22.2. The number of nitrogens with one attached hydrogen (secondary N) is 2. The van der Waals surface area contributed by atoms with Gasteiger partial charge in [0.2, 0.25) is 0 Å². The number of nitrogens with zero attached hydrogens (tertiary/aromatic N) is 2. The van der Waals surface area contributed by atoms with E-state index in [9.17, 15) is 0 Å². The summed E-state index contributed by atoms with van der Waals surface area (Å²) in [6.45, 7) is 9.93. The summed E-state index contributed by atoms with van der Waals surface area (Å²) in [5.74, 6) is 1.67. The average Bonchev–Trinajstić information content (AvgIpc) is 3.03. The normalized spacial score (nSPS) is 11.5. The van der Waals surface area contributed by atoms with Crippen LogP contribution in [0.2, 0.25) is 0 Å². The van der Waals surface area contributed by atoms with E-state index in [1.54, 1.807) is 18.4 Å². The first-order valence-electron chi connectivity index (χ1n) is 9.78. The zero-order valence-corrected chi connectivity index (χ0v) is 18.2. The van der Waals surface area contributed by atoms with Gasteiger partial charge < -0.3 is 20.1 Å². The van der Waals surface area contributed by atoms with Crippen LogP contribution in [-0.4, -0.2) is 44.4 Å². The molecular weight excluding hydrogens is 372 g/mol. The van der Waals surface area contributed by atoms with E-state index in [1.807, 2.05) is 31.2 Å². The van der Waals surface area contributed by atoms with Gasteiger partial charge in [0.15, 0.2) is 5.96 Å². The Morgan fingerprint density at radius 3 is 2.54 bits per heavy atom. The molecule has 2 N–H and O–H groups in total. The minimum absolute atomic E-state index is 0.611. The van der Waals surface area contributed by atoms with Crippen molar-refractivity contribution in [2.45, 2.75) is 40.2 Å². The van der Waals surface area contributed by atoms with Crippen LogP contribution < -0.4 is 15.4 Å². The van der Waals surface area contributed by atoms with Crippen LogP contribution in [0.5, 0.6) is 5.75 Å². The van der Waals surface area contributed by atoms with E-state index in [2.05, 4.69) is 29.5 Å². The third-order valence-corrected chi connectivity index (χ3v) is 5.38. The molecule has 154 valence electrons. The van der Waals surface area contributed by atoms with Crippen LogP contribution in [0.1, 0.15) is 34.5 Å². The lowest BCUT2D eigenvalue weighted by Gasteiger charge is -2.12. The van der Waals surface area contributed by atoms with Crippen LogP contribution in [0.4, 0.5) is 0 Å². The van der Waals surface area contributed by atoms with Gasteiger partial charge in [-0.2, -0.15) is 0 Å². The van der Waals surface area contributed by atoms with Crippen molar-refractivity contribution in [3.63, 3.8) is 0 Å². The second kappa shape index (κ2) is 12.4. The highest BCUT2D eigenvalue weighted by Crippen LogP contribution is 2.16. The Balaban J connectivity index is 1.88. The topological polar surface area (TPSA) is 67.8 Å². The maximum Gasteiger partial charge on any atom is 0.191 e. The molecule has 0 atom stereocenters. The Bertz CT molecular complexity index is 709. The van der Waals surface area contributed by atoms with Crippen molar-refractivity contribution in [3.05, 3.63) is 45.4 Å². The number of ether oxygens (including phenoxy) is 2. The van der Waals surface area contributed by atoms with Crippen molar-refractivity contribution in [1.82, 2.24) is 15.6 Å². The van der Waals surface area contributed by atoms with Crippen molar-refractivity contribution >= 4 is 17.3 Å². The lowest BCUT2D eigenvalue weighted by Crippen LogP contribution is -2.39. The van der Waals surface area contributed by atoms with Gasteiger partial charge in [-0.05, 0) is 44.9 Å². The minimum atomic E-state index is 0.611. The van der Waals surface area contributed by atoms with E-state index in [0.29, 0.717) is 6.54 Å². The molecule has 0 unspecified atom stereocenters. The standard InChI is InChI=1S/C21H32N4O2S/c1-5-27-14-6-12-22-21(23-13-11-20-25-16(2)17(3)28-20)24-15-18-7-9-19(26-4)10-8-18/h7-10H,5-6,11-15H2,1-4H3,(H2,22,23,24). The fourth-order valence-electron chi connectivity index (χ4n) is 2.53. The average molecular weight is 405 g/mol. The number of hydrogen-bond acceptors (Lipinski definition) is 5. The third kappa shape index (κ3) is 7.86. The molecule has 0 aliphatic rings. The number of aromatic nitrogens is 1. The lowest BCUT2D eigenvalue weighted by atomic mass is 10.2. The molecule has 28 heavy (non-hydrogen) atoms. The molecule has 0 fully saturated rings. The molecule has 2 rings (SSSR count). The highest BCUT2D eigenvalue weighted by atomic mass is 32.1. The largest absolute Gasteiger partial charge is 0.497 e. The van der Waals surface area contributed by atoms with Crippen molar-refractivity contribution in [2.75, 3.05) is 33.4 Å². The molecule has 0 aliphatic carbocycles. The Morgan fingerprint density at radius 2 is 1.89 bits per heavy atom. The van der Waals surface area contributed by atoms with Gasteiger partial charge in [0.05, 0.1) is 24.4 Å². The van der Waals surface area contributed by atoms with Crippen LogP contribution in [-0.2, 0) is 17.7 Å². The molecule has 0 saturated carbocycles. The molecule has 0 radical (unpaired) electrons. The van der Waals surface area contributed by atoms with E-state index < -0.39 is 0 Å². The molecule has 6 nitrogen and oxygen atoms in total. The van der Waals surface area contributed by atoms with E-state index in [0.717, 1.165) is 67.1 Å². The zero-order chi connectivity index (χ0) is 20.2. The summed E-state index contributed by atoms with van der Waals surface area (Å²) >= 11 is 1.77. The summed E-state index contributed by atoms with van der Waals surface area (Å²) in [7, 11) is 1.67. The van der Waals surface area contributed by atoms with Crippen LogP contribution in [0.3, 0.4) is 0 Å². The first-order valence-corrected chi connectivity index (χ1v) is 10.6. The molecule has 0 spiro atoms. The van der Waals surface area contributed by atoms with Crippen LogP contribution in [0, 0.1) is 13.8 Å². The Hall–Kier alpha value is -2.12. The van der Waals surface area contributed by atoms with Crippen molar-refractivity contribution < 1.29 is 9.47 Å². The number of aryl methyl sites for hydroxylation is 2. The van der Waals surface area contributed by atoms with Gasteiger partial charge in [0.1, 0.15) is 5.75 Å². The predicted octanol–water partition coefficient (Wildman–Crippen LogP) is 3.47. The third-order valence-electron chi connectivity index (χ3n) is 4.24. The smallest absolute Gasteiger partial charge is 0.191 e. The molecule has 0 aliphatic heterocycles. The zero-order valence-electron chi connectivity index (χ0n) is 17.4. The summed E-state index contributed by atoms with van der Waals surface area (Å²) in [6.07, 6.45) is 1.84. The quantitative estimate of drug-likeness (QED) is 0.341. The van der Waals surface area contributed by atoms with E-state index >= 15 is 0 Å². The highest BCUT2D eigenvalue weighted by Gasteiger charge is 2.05. The van der Waals surface area contributed by atoms with Crippen molar-refractivity contribution in [2.24, 2.45) is 4.99 Å². The van der Waals surface area contributed by atoms with Gasteiger partial charge in [-0.25, -0.2) is 9.98 Å². The SMILES string of the molecule is CCOCCCNC(=NCc1ccc(OC)cc1)NCCc1nc(C)c(C)s1. The fraction of sp³-hybridized carbons (Fsp3) is 0.524. The van der Waals surface area contributed by atoms with E-state index in [1.165, 1.54) is 4.88 Å². The van der Waals surface area contributed by atoms with Gasteiger partial charge in [-0.1, -0.05) is 12.1 Å². The number of benzene rings is 1. The maximum atomic E-state index is 5.40. The number of methoxy groups -OCH3 is 1. The maximum absolute atomic E-state index is 5.40. The Kier molecular flexibility index (Phi) is 9.79. The number of hydrogen-bond donors (Lipinski definition) is 2. The molecule has 1 aromatic heterocycles. The monoisotopic (exact) mass is 404 g/mol. The number of thiazole rings is 1. The summed E-state index contributed by atoms with van der Waals surface area (Å²) < 4.78 is 10.6.